The number of aromatic carboxylic acids is 1. The summed E-state index contributed by atoms with van der Waals surface area (Å²) in [6.45, 7) is 1.02. The van der Waals surface area contributed by atoms with Gasteiger partial charge in [-0.1, -0.05) is 15.9 Å². The summed E-state index contributed by atoms with van der Waals surface area (Å²) in [5.41, 5.74) is -0.409. The fraction of sp³-hybridized carbons (Fsp3) is 0.111. The second-order valence-electron chi connectivity index (χ2n) is 3.11. The van der Waals surface area contributed by atoms with Gasteiger partial charge in [0, 0.05) is 11.4 Å². The van der Waals surface area contributed by atoms with E-state index in [0.717, 1.165) is 19.1 Å². The number of rotatable bonds is 3. The van der Waals surface area contributed by atoms with Crippen molar-refractivity contribution in [3.63, 3.8) is 0 Å². The number of sulfonamides is 1. The number of benzene rings is 1. The molecule has 1 aromatic rings. The molecule has 6 nitrogen and oxygen atoms in total. The third kappa shape index (κ3) is 3.27. The Hall–Kier alpha value is -1.41. The van der Waals surface area contributed by atoms with Gasteiger partial charge in [-0.05, 0) is 18.2 Å². The molecule has 0 unspecified atom stereocenters. The summed E-state index contributed by atoms with van der Waals surface area (Å²) in [5, 5.41) is 8.89. The van der Waals surface area contributed by atoms with Gasteiger partial charge in [0.1, 0.15) is 4.90 Å². The molecule has 0 aliphatic rings. The molecule has 8 heteroatoms. The first-order valence-corrected chi connectivity index (χ1v) is 6.58. The Morgan fingerprint density at radius 3 is 2.41 bits per heavy atom. The molecule has 0 saturated carbocycles. The molecule has 1 amide bonds. The molecule has 0 spiro atoms. The number of halogens is 1. The molecule has 0 aliphatic carbocycles. The van der Waals surface area contributed by atoms with Crippen molar-refractivity contribution in [1.29, 1.82) is 0 Å². The van der Waals surface area contributed by atoms with Crippen molar-refractivity contribution in [2.24, 2.45) is 0 Å². The summed E-state index contributed by atoms with van der Waals surface area (Å²) in [4.78, 5) is 21.2. The van der Waals surface area contributed by atoms with Gasteiger partial charge in [-0.25, -0.2) is 17.9 Å². The normalized spacial score (nSPS) is 10.9. The summed E-state index contributed by atoms with van der Waals surface area (Å²) in [7, 11) is -4.15. The predicted octanol–water partition coefficient (Wildman–Crippen LogP) is 0.972. The minimum Gasteiger partial charge on any atom is -0.478 e. The SMILES string of the molecule is CC(=O)NS(=O)(=O)c1ccc(Br)cc1C(=O)O. The van der Waals surface area contributed by atoms with Crippen molar-refractivity contribution in [1.82, 2.24) is 4.72 Å². The highest BCUT2D eigenvalue weighted by Gasteiger charge is 2.23. The van der Waals surface area contributed by atoms with Gasteiger partial charge in [0.2, 0.25) is 5.91 Å². The van der Waals surface area contributed by atoms with E-state index in [1.807, 2.05) is 0 Å². The molecule has 0 bridgehead atoms. The maximum Gasteiger partial charge on any atom is 0.337 e. The third-order valence-electron chi connectivity index (χ3n) is 1.74. The first-order chi connectivity index (χ1) is 7.74. The number of hydrogen-bond acceptors (Lipinski definition) is 4. The first kappa shape index (κ1) is 13.7. The van der Waals surface area contributed by atoms with Crippen LogP contribution in [0, 0.1) is 0 Å². The van der Waals surface area contributed by atoms with E-state index in [-0.39, 0.29) is 0 Å². The summed E-state index contributed by atoms with van der Waals surface area (Å²) < 4.78 is 25.5. The lowest BCUT2D eigenvalue weighted by atomic mass is 10.2. The zero-order chi connectivity index (χ0) is 13.2. The highest BCUT2D eigenvalue weighted by molar-refractivity contribution is 9.10. The lowest BCUT2D eigenvalue weighted by Gasteiger charge is -2.08. The Kier molecular flexibility index (Phi) is 3.89. The largest absolute Gasteiger partial charge is 0.478 e. The van der Waals surface area contributed by atoms with Crippen LogP contribution in [-0.4, -0.2) is 25.4 Å². The third-order valence-corrected chi connectivity index (χ3v) is 3.72. The van der Waals surface area contributed by atoms with Crippen LogP contribution in [0.3, 0.4) is 0 Å². The van der Waals surface area contributed by atoms with E-state index in [9.17, 15) is 18.0 Å². The second kappa shape index (κ2) is 4.84. The van der Waals surface area contributed by atoms with Crippen molar-refractivity contribution in [3.8, 4) is 0 Å². The average Bonchev–Trinajstić information content (AvgIpc) is 2.14. The summed E-state index contributed by atoms with van der Waals surface area (Å²) >= 11 is 3.04. The maximum atomic E-state index is 11.7. The molecular weight excluding hydrogens is 314 g/mol. The highest BCUT2D eigenvalue weighted by atomic mass is 79.9. The standard InChI is InChI=1S/C9H8BrNO5S/c1-5(12)11-17(15,16)8-3-2-6(10)4-7(8)9(13)14/h2-4H,1H3,(H,11,12)(H,13,14). The monoisotopic (exact) mass is 321 g/mol. The summed E-state index contributed by atoms with van der Waals surface area (Å²) in [6.07, 6.45) is 0. The minimum atomic E-state index is -4.15. The second-order valence-corrected chi connectivity index (χ2v) is 5.67. The van der Waals surface area contributed by atoms with Gasteiger partial charge < -0.3 is 5.11 Å². The van der Waals surface area contributed by atoms with E-state index in [1.54, 1.807) is 4.72 Å². The topological polar surface area (TPSA) is 101 Å². The van der Waals surface area contributed by atoms with Crippen LogP contribution in [0.1, 0.15) is 17.3 Å². The number of carbonyl (C=O) groups excluding carboxylic acids is 1. The number of carbonyl (C=O) groups is 2. The molecule has 1 rings (SSSR count). The smallest absolute Gasteiger partial charge is 0.337 e. The van der Waals surface area contributed by atoms with Crippen molar-refractivity contribution < 1.29 is 23.1 Å². The van der Waals surface area contributed by atoms with Crippen LogP contribution >= 0.6 is 15.9 Å². The molecule has 92 valence electrons. The molecule has 0 aliphatic heterocycles. The molecule has 0 aromatic heterocycles. The number of carboxylic acid groups (broad SMARTS) is 1. The molecule has 17 heavy (non-hydrogen) atoms. The molecule has 0 atom stereocenters. The molecule has 1 aromatic carbocycles. The van der Waals surface area contributed by atoms with Crippen LogP contribution in [-0.2, 0) is 14.8 Å². The Bertz CT molecular complexity index is 581. The Labute approximate surface area is 106 Å². The van der Waals surface area contributed by atoms with Gasteiger partial charge in [0.15, 0.2) is 0 Å². The fourth-order valence-corrected chi connectivity index (χ4v) is 2.68. The lowest BCUT2D eigenvalue weighted by Crippen LogP contribution is -2.29. The van der Waals surface area contributed by atoms with E-state index in [2.05, 4.69) is 15.9 Å². The molecule has 0 heterocycles. The molecule has 0 radical (unpaired) electrons. The van der Waals surface area contributed by atoms with Gasteiger partial charge in [0.25, 0.3) is 10.0 Å². The van der Waals surface area contributed by atoms with E-state index < -0.39 is 32.4 Å². The van der Waals surface area contributed by atoms with Crippen LogP contribution in [0.5, 0.6) is 0 Å². The van der Waals surface area contributed by atoms with Crippen LogP contribution in [0.15, 0.2) is 27.6 Å². The van der Waals surface area contributed by atoms with Crippen LogP contribution in [0.25, 0.3) is 0 Å². The van der Waals surface area contributed by atoms with Gasteiger partial charge in [-0.15, -0.1) is 0 Å². The van der Waals surface area contributed by atoms with Crippen molar-refractivity contribution in [3.05, 3.63) is 28.2 Å². The molecule has 2 N–H and O–H groups in total. The van der Waals surface area contributed by atoms with Crippen LogP contribution in [0.2, 0.25) is 0 Å². The number of amides is 1. The molecule has 0 saturated heterocycles. The fourth-order valence-electron chi connectivity index (χ4n) is 1.15. The Balaban J connectivity index is 3.41. The predicted molar refractivity (Wildman–Crippen MR) is 62.1 cm³/mol. The summed E-state index contributed by atoms with van der Waals surface area (Å²) in [6, 6.07) is 3.64. The van der Waals surface area contributed by atoms with E-state index >= 15 is 0 Å². The van der Waals surface area contributed by atoms with Crippen LogP contribution in [0.4, 0.5) is 0 Å². The lowest BCUT2D eigenvalue weighted by molar-refractivity contribution is -0.117. The van der Waals surface area contributed by atoms with Crippen molar-refractivity contribution >= 4 is 37.8 Å². The average molecular weight is 322 g/mol. The maximum absolute atomic E-state index is 11.7. The van der Waals surface area contributed by atoms with Gasteiger partial charge in [-0.2, -0.15) is 0 Å². The number of hydrogen-bond donors (Lipinski definition) is 2. The van der Waals surface area contributed by atoms with Crippen molar-refractivity contribution in [2.45, 2.75) is 11.8 Å². The highest BCUT2D eigenvalue weighted by Crippen LogP contribution is 2.20. The Morgan fingerprint density at radius 2 is 1.94 bits per heavy atom. The van der Waals surface area contributed by atoms with Gasteiger partial charge in [0.05, 0.1) is 5.56 Å². The van der Waals surface area contributed by atoms with Gasteiger partial charge >= 0.3 is 5.97 Å². The van der Waals surface area contributed by atoms with E-state index in [4.69, 9.17) is 5.11 Å². The minimum absolute atomic E-state index is 0.409. The zero-order valence-electron chi connectivity index (χ0n) is 8.60. The van der Waals surface area contributed by atoms with Crippen molar-refractivity contribution in [2.75, 3.05) is 0 Å². The van der Waals surface area contributed by atoms with Crippen LogP contribution < -0.4 is 4.72 Å². The van der Waals surface area contributed by atoms with Gasteiger partial charge in [-0.3, -0.25) is 4.79 Å². The number of nitrogens with one attached hydrogen (secondary N) is 1. The zero-order valence-corrected chi connectivity index (χ0v) is 11.0. The van der Waals surface area contributed by atoms with E-state index in [0.29, 0.717) is 4.47 Å². The first-order valence-electron chi connectivity index (χ1n) is 4.30. The Morgan fingerprint density at radius 1 is 1.35 bits per heavy atom. The van der Waals surface area contributed by atoms with E-state index in [1.165, 1.54) is 6.07 Å². The number of carboxylic acids is 1. The quantitative estimate of drug-likeness (QED) is 0.864. The summed E-state index contributed by atoms with van der Waals surface area (Å²) in [5.74, 6) is -2.18. The molecular formula is C9H8BrNO5S. The molecule has 0 fully saturated rings.